The molecule has 2 atom stereocenters. The van der Waals surface area contributed by atoms with Crippen LogP contribution in [0.5, 0.6) is 0 Å². The van der Waals surface area contributed by atoms with Gasteiger partial charge in [0.05, 0.1) is 22.7 Å². The van der Waals surface area contributed by atoms with E-state index in [9.17, 15) is 9.18 Å². The van der Waals surface area contributed by atoms with Crippen molar-refractivity contribution < 1.29 is 13.9 Å². The van der Waals surface area contributed by atoms with Crippen LogP contribution in [0.25, 0.3) is 10.6 Å². The number of thiophene rings is 1. The van der Waals surface area contributed by atoms with Crippen LogP contribution in [0, 0.1) is 12.7 Å². The zero-order valence-corrected chi connectivity index (χ0v) is 14.6. The van der Waals surface area contributed by atoms with Crippen LogP contribution < -0.4 is 16.4 Å². The Morgan fingerprint density at radius 2 is 2.36 bits per heavy atom. The first kappa shape index (κ1) is 16.4. The molecule has 0 spiro atoms. The van der Waals surface area contributed by atoms with E-state index in [2.05, 4.69) is 15.6 Å². The van der Waals surface area contributed by atoms with E-state index in [0.717, 1.165) is 10.4 Å². The van der Waals surface area contributed by atoms with Crippen molar-refractivity contribution in [1.82, 2.24) is 10.3 Å². The van der Waals surface area contributed by atoms with Gasteiger partial charge in [-0.1, -0.05) is 0 Å². The highest BCUT2D eigenvalue weighted by atomic mass is 32.1. The van der Waals surface area contributed by atoms with Gasteiger partial charge in [-0.05, 0) is 30.4 Å². The van der Waals surface area contributed by atoms with E-state index in [-0.39, 0.29) is 30.4 Å². The molecule has 0 aromatic carbocycles. The highest BCUT2D eigenvalue weighted by Gasteiger charge is 2.32. The summed E-state index contributed by atoms with van der Waals surface area (Å²) in [6.45, 7) is 3.16. The minimum Gasteiger partial charge on any atom is -0.380 e. The Labute approximate surface area is 148 Å². The van der Waals surface area contributed by atoms with Gasteiger partial charge < -0.3 is 21.1 Å². The third-order valence-corrected chi connectivity index (χ3v) is 5.63. The highest BCUT2D eigenvalue weighted by molar-refractivity contribution is 7.13. The van der Waals surface area contributed by atoms with Crippen molar-refractivity contribution in [3.8, 4) is 10.6 Å². The molecule has 2 aliphatic heterocycles. The van der Waals surface area contributed by atoms with E-state index in [4.69, 9.17) is 10.5 Å². The van der Waals surface area contributed by atoms with Gasteiger partial charge in [-0.2, -0.15) is 0 Å². The summed E-state index contributed by atoms with van der Waals surface area (Å²) in [5.41, 5.74) is 8.37. The predicted molar refractivity (Wildman–Crippen MR) is 94.2 cm³/mol. The molecule has 0 bridgehead atoms. The second-order valence-corrected chi connectivity index (χ2v) is 7.34. The molecule has 6 nitrogen and oxygen atoms in total. The number of aromatic nitrogens is 1. The number of anilines is 1. The minimum absolute atomic E-state index is 0.114. The molecule has 1 fully saturated rings. The number of ether oxygens (including phenoxy) is 1. The van der Waals surface area contributed by atoms with Crippen molar-refractivity contribution in [3.63, 3.8) is 0 Å². The van der Waals surface area contributed by atoms with Crippen LogP contribution in [0.3, 0.4) is 0 Å². The van der Waals surface area contributed by atoms with Gasteiger partial charge in [0.15, 0.2) is 11.6 Å². The summed E-state index contributed by atoms with van der Waals surface area (Å²) in [6, 6.07) is 1.62. The topological polar surface area (TPSA) is 89.3 Å². The maximum absolute atomic E-state index is 14.9. The van der Waals surface area contributed by atoms with E-state index < -0.39 is 5.82 Å². The number of aryl methyl sites for hydroxylation is 1. The van der Waals surface area contributed by atoms with Crippen molar-refractivity contribution >= 4 is 23.1 Å². The number of hydrogen-bond acceptors (Lipinski definition) is 6. The summed E-state index contributed by atoms with van der Waals surface area (Å²) in [5.74, 6) is -0.612. The van der Waals surface area contributed by atoms with E-state index in [0.29, 0.717) is 36.5 Å². The van der Waals surface area contributed by atoms with Crippen LogP contribution in [0.1, 0.15) is 27.9 Å². The van der Waals surface area contributed by atoms with Gasteiger partial charge in [0, 0.05) is 30.8 Å². The molecule has 1 saturated heterocycles. The predicted octanol–water partition coefficient (Wildman–Crippen LogP) is 2.03. The zero-order valence-electron chi connectivity index (χ0n) is 13.8. The number of carbonyl (C=O) groups excluding carboxylic acids is 1. The van der Waals surface area contributed by atoms with Gasteiger partial charge in [0.2, 0.25) is 0 Å². The molecule has 2 aromatic heterocycles. The van der Waals surface area contributed by atoms with Gasteiger partial charge >= 0.3 is 0 Å². The molecule has 0 unspecified atom stereocenters. The lowest BCUT2D eigenvalue weighted by atomic mass is 10.0. The number of rotatable bonds is 3. The van der Waals surface area contributed by atoms with E-state index in [1.165, 1.54) is 11.3 Å². The number of nitrogens with two attached hydrogens (primary N) is 1. The summed E-state index contributed by atoms with van der Waals surface area (Å²) < 4.78 is 20.3. The fourth-order valence-electron chi connectivity index (χ4n) is 3.22. The first-order valence-corrected chi connectivity index (χ1v) is 9.08. The fraction of sp³-hybridized carbons (Fsp3) is 0.412. The van der Waals surface area contributed by atoms with Crippen molar-refractivity contribution in [1.29, 1.82) is 0 Å². The van der Waals surface area contributed by atoms with Crippen molar-refractivity contribution in [3.05, 3.63) is 34.0 Å². The number of nitrogens with one attached hydrogen (secondary N) is 2. The van der Waals surface area contributed by atoms with Gasteiger partial charge in [0.1, 0.15) is 0 Å². The first-order valence-electron chi connectivity index (χ1n) is 8.20. The lowest BCUT2D eigenvalue weighted by Crippen LogP contribution is -2.48. The monoisotopic (exact) mass is 362 g/mol. The molecule has 4 rings (SSSR count). The second-order valence-electron chi connectivity index (χ2n) is 6.43. The van der Waals surface area contributed by atoms with E-state index >= 15 is 0 Å². The largest absolute Gasteiger partial charge is 0.380 e. The van der Waals surface area contributed by atoms with Crippen LogP contribution in [-0.4, -0.2) is 36.2 Å². The first-order chi connectivity index (χ1) is 12.0. The second kappa shape index (κ2) is 6.36. The molecule has 8 heteroatoms. The maximum Gasteiger partial charge on any atom is 0.254 e. The van der Waals surface area contributed by atoms with Crippen LogP contribution in [0.4, 0.5) is 10.2 Å². The van der Waals surface area contributed by atoms with Gasteiger partial charge in [-0.3, -0.25) is 4.79 Å². The average Bonchev–Trinajstić information content (AvgIpc) is 3.19. The molecule has 25 heavy (non-hydrogen) atoms. The molecule has 2 aliphatic rings. The molecular formula is C17H19FN4O2S. The SMILES string of the molecule is Cc1csc(-c2nc(N[C@@H]3CCOC[C@@H]3N)c(F)c3c2C(=O)NC3)c1. The highest BCUT2D eigenvalue weighted by Crippen LogP contribution is 2.35. The summed E-state index contributed by atoms with van der Waals surface area (Å²) in [4.78, 5) is 17.5. The molecule has 132 valence electrons. The zero-order chi connectivity index (χ0) is 17.6. The minimum atomic E-state index is -0.482. The quantitative estimate of drug-likeness (QED) is 0.777. The van der Waals surface area contributed by atoms with Crippen molar-refractivity contribution in [2.24, 2.45) is 5.73 Å². The number of halogens is 1. The van der Waals surface area contributed by atoms with Gasteiger partial charge in [-0.25, -0.2) is 9.37 Å². The molecular weight excluding hydrogens is 343 g/mol. The van der Waals surface area contributed by atoms with Crippen molar-refractivity contribution in [2.75, 3.05) is 18.5 Å². The maximum atomic E-state index is 14.9. The number of fused-ring (bicyclic) bond motifs is 1. The average molecular weight is 362 g/mol. The molecule has 0 aliphatic carbocycles. The van der Waals surface area contributed by atoms with Crippen LogP contribution in [0.15, 0.2) is 11.4 Å². The fourth-order valence-corrected chi connectivity index (χ4v) is 4.12. The van der Waals surface area contributed by atoms with Gasteiger partial charge in [-0.15, -0.1) is 11.3 Å². The van der Waals surface area contributed by atoms with Gasteiger partial charge in [0.25, 0.3) is 5.91 Å². The van der Waals surface area contributed by atoms with E-state index in [1.54, 1.807) is 0 Å². The van der Waals surface area contributed by atoms with E-state index in [1.807, 2.05) is 18.4 Å². The third-order valence-electron chi connectivity index (χ3n) is 4.57. The normalized spacial score (nSPS) is 22.6. The summed E-state index contributed by atoms with van der Waals surface area (Å²) in [6.07, 6.45) is 0.685. The number of amides is 1. The Hall–Kier alpha value is -2.03. The lowest BCUT2D eigenvalue weighted by molar-refractivity contribution is 0.0751. The van der Waals surface area contributed by atoms with Crippen LogP contribution in [0.2, 0.25) is 0 Å². The Balaban J connectivity index is 1.79. The third kappa shape index (κ3) is 2.90. The Morgan fingerprint density at radius 1 is 1.52 bits per heavy atom. The van der Waals surface area contributed by atoms with Crippen LogP contribution >= 0.6 is 11.3 Å². The van der Waals surface area contributed by atoms with Crippen molar-refractivity contribution in [2.45, 2.75) is 32.0 Å². The summed E-state index contributed by atoms with van der Waals surface area (Å²) >= 11 is 1.49. The molecule has 1 amide bonds. The summed E-state index contributed by atoms with van der Waals surface area (Å²) in [7, 11) is 0. The molecule has 2 aromatic rings. The standard InChI is InChI=1S/C17H19FN4O2S/c1-8-4-12(25-7-8)15-13-9(5-20-17(13)23)14(18)16(22-15)21-11-2-3-24-6-10(11)19/h4,7,10-11H,2-3,5-6,19H2,1H3,(H,20,23)(H,21,22)/t10-,11+/m0/s1. The van der Waals surface area contributed by atoms with Crippen LogP contribution in [-0.2, 0) is 11.3 Å². The molecule has 4 heterocycles. The Kier molecular flexibility index (Phi) is 4.18. The molecule has 0 radical (unpaired) electrons. The number of hydrogen-bond donors (Lipinski definition) is 3. The Morgan fingerprint density at radius 3 is 3.08 bits per heavy atom. The Bertz CT molecular complexity index is 838. The summed E-state index contributed by atoms with van der Waals surface area (Å²) in [5, 5.41) is 7.82. The number of pyridine rings is 1. The smallest absolute Gasteiger partial charge is 0.254 e. The lowest BCUT2D eigenvalue weighted by Gasteiger charge is -2.30. The number of carbonyl (C=O) groups is 1. The molecule has 0 saturated carbocycles. The number of nitrogens with zero attached hydrogens (tertiary/aromatic N) is 1. The molecule has 4 N–H and O–H groups in total.